The molecule has 19 heavy (non-hydrogen) atoms. The van der Waals surface area contributed by atoms with Crippen LogP contribution in [0.2, 0.25) is 0 Å². The minimum atomic E-state index is -0.466. The van der Waals surface area contributed by atoms with Crippen molar-refractivity contribution in [1.82, 2.24) is 0 Å². The molecule has 1 heterocycles. The number of anilines is 1. The largest absolute Gasteiger partial charge is 0.380 e. The van der Waals surface area contributed by atoms with Crippen LogP contribution in [0.25, 0.3) is 0 Å². The Kier molecular flexibility index (Phi) is 3.71. The summed E-state index contributed by atoms with van der Waals surface area (Å²) in [6.45, 7) is 0.441. The number of thiophene rings is 1. The number of hydrogen-bond donors (Lipinski definition) is 1. The first-order valence-electron chi connectivity index (χ1n) is 5.27. The van der Waals surface area contributed by atoms with E-state index in [0.717, 1.165) is 21.9 Å². The molecule has 2 aromatic rings. The number of nitro benzene ring substituents is 1. The fraction of sp³-hybridized carbons (Fsp3) is 0.0909. The van der Waals surface area contributed by atoms with Crippen LogP contribution in [0.4, 0.5) is 16.4 Å². The summed E-state index contributed by atoms with van der Waals surface area (Å²) in [5, 5.41) is 24.1. The zero-order valence-corrected chi connectivity index (χ0v) is 10.4. The van der Waals surface area contributed by atoms with E-state index < -0.39 is 9.85 Å². The average molecular weight is 279 g/mol. The second-order valence-electron chi connectivity index (χ2n) is 3.65. The molecule has 0 saturated heterocycles. The Hall–Kier alpha value is -2.48. The quantitative estimate of drug-likeness (QED) is 0.669. The zero-order valence-electron chi connectivity index (χ0n) is 9.61. The summed E-state index contributed by atoms with van der Waals surface area (Å²) in [6, 6.07) is 9.14. The Morgan fingerprint density at radius 2 is 1.68 bits per heavy atom. The maximum absolute atomic E-state index is 10.5. The molecule has 0 radical (unpaired) electrons. The summed E-state index contributed by atoms with van der Waals surface area (Å²) in [4.78, 5) is 20.9. The lowest BCUT2D eigenvalue weighted by Gasteiger charge is -2.03. The lowest BCUT2D eigenvalue weighted by atomic mass is 10.3. The molecule has 0 unspecified atom stereocenters. The number of hydrogen-bond acceptors (Lipinski definition) is 6. The Morgan fingerprint density at radius 1 is 1.00 bits per heavy atom. The van der Waals surface area contributed by atoms with Gasteiger partial charge in [-0.05, 0) is 18.2 Å². The van der Waals surface area contributed by atoms with Crippen LogP contribution in [0, 0.1) is 20.2 Å². The summed E-state index contributed by atoms with van der Waals surface area (Å²) in [5.41, 5.74) is 0.749. The molecule has 0 aliphatic rings. The minimum Gasteiger partial charge on any atom is -0.380 e. The Balaban J connectivity index is 1.97. The molecule has 0 fully saturated rings. The number of rotatable bonds is 5. The van der Waals surface area contributed by atoms with Gasteiger partial charge in [-0.1, -0.05) is 11.3 Å². The highest BCUT2D eigenvalue weighted by Crippen LogP contribution is 2.25. The van der Waals surface area contributed by atoms with Crippen molar-refractivity contribution in [3.05, 3.63) is 61.5 Å². The van der Waals surface area contributed by atoms with Gasteiger partial charge in [0.1, 0.15) is 0 Å². The molecule has 0 amide bonds. The van der Waals surface area contributed by atoms with Crippen molar-refractivity contribution in [3.8, 4) is 0 Å². The Labute approximate surface area is 111 Å². The van der Waals surface area contributed by atoms with Crippen molar-refractivity contribution in [3.63, 3.8) is 0 Å². The van der Waals surface area contributed by atoms with Crippen LogP contribution in [0.1, 0.15) is 4.88 Å². The maximum atomic E-state index is 10.5. The number of non-ortho nitro benzene ring substituents is 1. The van der Waals surface area contributed by atoms with Crippen LogP contribution >= 0.6 is 11.3 Å². The van der Waals surface area contributed by atoms with Gasteiger partial charge in [-0.25, -0.2) is 0 Å². The van der Waals surface area contributed by atoms with Gasteiger partial charge in [0.2, 0.25) is 0 Å². The van der Waals surface area contributed by atoms with Crippen molar-refractivity contribution in [2.45, 2.75) is 6.54 Å². The number of nitrogens with one attached hydrogen (secondary N) is 1. The average Bonchev–Trinajstić information content (AvgIpc) is 2.86. The highest BCUT2D eigenvalue weighted by Gasteiger charge is 2.09. The molecule has 2 rings (SSSR count). The molecule has 0 aliphatic carbocycles. The lowest BCUT2D eigenvalue weighted by molar-refractivity contribution is -0.384. The molecule has 0 aliphatic heterocycles. The van der Waals surface area contributed by atoms with Crippen molar-refractivity contribution in [1.29, 1.82) is 0 Å². The highest BCUT2D eigenvalue weighted by molar-refractivity contribution is 7.15. The second kappa shape index (κ2) is 5.44. The van der Waals surface area contributed by atoms with Gasteiger partial charge in [-0.3, -0.25) is 20.2 Å². The fourth-order valence-electron chi connectivity index (χ4n) is 1.45. The first-order valence-corrected chi connectivity index (χ1v) is 6.09. The lowest BCUT2D eigenvalue weighted by Crippen LogP contribution is -1.97. The van der Waals surface area contributed by atoms with Gasteiger partial charge in [0, 0.05) is 35.3 Å². The van der Waals surface area contributed by atoms with Gasteiger partial charge in [-0.15, -0.1) is 0 Å². The molecule has 0 bridgehead atoms. The van der Waals surface area contributed by atoms with Gasteiger partial charge in [0.15, 0.2) is 0 Å². The van der Waals surface area contributed by atoms with Crippen molar-refractivity contribution in [2.24, 2.45) is 0 Å². The third kappa shape index (κ3) is 3.26. The Morgan fingerprint density at radius 3 is 2.21 bits per heavy atom. The molecule has 1 N–H and O–H groups in total. The van der Waals surface area contributed by atoms with Crippen LogP contribution < -0.4 is 5.32 Å². The molecular formula is C11H9N3O4S. The SMILES string of the molecule is O=[N+]([O-])c1ccc(NCc2ccc([N+](=O)[O-])s2)cc1. The van der Waals surface area contributed by atoms with E-state index >= 15 is 0 Å². The van der Waals surface area contributed by atoms with E-state index in [1.807, 2.05) is 0 Å². The van der Waals surface area contributed by atoms with E-state index in [1.165, 1.54) is 18.2 Å². The van der Waals surface area contributed by atoms with Gasteiger partial charge in [0.05, 0.1) is 9.85 Å². The molecule has 8 heteroatoms. The smallest absolute Gasteiger partial charge is 0.324 e. The number of nitro groups is 2. The summed E-state index contributed by atoms with van der Waals surface area (Å²) in [5.74, 6) is 0. The highest BCUT2D eigenvalue weighted by atomic mass is 32.1. The molecule has 98 valence electrons. The first kappa shape index (κ1) is 13.0. The molecular weight excluding hydrogens is 270 g/mol. The normalized spacial score (nSPS) is 10.1. The maximum Gasteiger partial charge on any atom is 0.324 e. The standard InChI is InChI=1S/C11H9N3O4S/c15-13(16)9-3-1-8(2-4-9)12-7-10-5-6-11(19-10)14(17)18/h1-6,12H,7H2. The molecule has 0 saturated carbocycles. The zero-order chi connectivity index (χ0) is 13.8. The summed E-state index contributed by atoms with van der Waals surface area (Å²) >= 11 is 1.10. The number of nitrogens with zero attached hydrogens (tertiary/aromatic N) is 2. The predicted octanol–water partition coefficient (Wildman–Crippen LogP) is 3.18. The van der Waals surface area contributed by atoms with Crippen LogP contribution in [-0.4, -0.2) is 9.85 Å². The van der Waals surface area contributed by atoms with Crippen LogP contribution in [0.5, 0.6) is 0 Å². The van der Waals surface area contributed by atoms with Crippen molar-refractivity contribution in [2.75, 3.05) is 5.32 Å². The van der Waals surface area contributed by atoms with Crippen LogP contribution in [-0.2, 0) is 6.54 Å². The Bertz CT molecular complexity index is 609. The monoisotopic (exact) mass is 279 g/mol. The molecule has 7 nitrogen and oxygen atoms in total. The topological polar surface area (TPSA) is 98.3 Å². The van der Waals surface area contributed by atoms with Gasteiger partial charge in [0.25, 0.3) is 5.69 Å². The molecule has 0 spiro atoms. The second-order valence-corrected chi connectivity index (χ2v) is 4.80. The van der Waals surface area contributed by atoms with E-state index in [9.17, 15) is 20.2 Å². The molecule has 0 atom stereocenters. The van der Waals surface area contributed by atoms with E-state index in [4.69, 9.17) is 0 Å². The summed E-state index contributed by atoms with van der Waals surface area (Å²) in [7, 11) is 0. The van der Waals surface area contributed by atoms with E-state index in [1.54, 1.807) is 18.2 Å². The van der Waals surface area contributed by atoms with Crippen molar-refractivity contribution >= 4 is 27.7 Å². The first-order chi connectivity index (χ1) is 9.06. The van der Waals surface area contributed by atoms with E-state index in [0.29, 0.717) is 6.54 Å². The third-order valence-corrected chi connectivity index (χ3v) is 3.41. The fourth-order valence-corrected chi connectivity index (χ4v) is 2.21. The van der Waals surface area contributed by atoms with E-state index in [2.05, 4.69) is 5.32 Å². The van der Waals surface area contributed by atoms with Gasteiger partial charge in [-0.2, -0.15) is 0 Å². The molecule has 1 aromatic heterocycles. The van der Waals surface area contributed by atoms with Gasteiger partial charge >= 0.3 is 5.00 Å². The van der Waals surface area contributed by atoms with Crippen LogP contribution in [0.3, 0.4) is 0 Å². The summed E-state index contributed by atoms with van der Waals surface area (Å²) < 4.78 is 0. The third-order valence-electron chi connectivity index (χ3n) is 2.37. The van der Waals surface area contributed by atoms with Gasteiger partial charge < -0.3 is 5.32 Å². The van der Waals surface area contributed by atoms with Crippen molar-refractivity contribution < 1.29 is 9.85 Å². The number of benzene rings is 1. The summed E-state index contributed by atoms with van der Waals surface area (Å²) in [6.07, 6.45) is 0. The predicted molar refractivity (Wildman–Crippen MR) is 71.4 cm³/mol. The minimum absolute atomic E-state index is 0.0253. The van der Waals surface area contributed by atoms with E-state index in [-0.39, 0.29) is 10.7 Å². The van der Waals surface area contributed by atoms with Crippen LogP contribution in [0.15, 0.2) is 36.4 Å². The molecule has 1 aromatic carbocycles.